The van der Waals surface area contributed by atoms with E-state index in [1.807, 2.05) is 35.5 Å². The number of ether oxygens (including phenoxy) is 3. The highest BCUT2D eigenvalue weighted by atomic mass is 16.5. The van der Waals surface area contributed by atoms with Gasteiger partial charge in [-0.2, -0.15) is 0 Å². The van der Waals surface area contributed by atoms with Crippen LogP contribution in [-0.4, -0.2) is 84.2 Å². The molecule has 4 heterocycles. The van der Waals surface area contributed by atoms with Crippen LogP contribution in [0.15, 0.2) is 36.7 Å². The normalized spacial score (nSPS) is 18.9. The van der Waals surface area contributed by atoms with Gasteiger partial charge in [0.15, 0.2) is 0 Å². The van der Waals surface area contributed by atoms with Crippen LogP contribution in [0.2, 0.25) is 0 Å². The summed E-state index contributed by atoms with van der Waals surface area (Å²) in [7, 11) is 1.64. The quantitative estimate of drug-likeness (QED) is 0.538. The predicted molar refractivity (Wildman–Crippen MR) is 128 cm³/mol. The zero-order valence-electron chi connectivity index (χ0n) is 19.5. The van der Waals surface area contributed by atoms with Gasteiger partial charge >= 0.3 is 0 Å². The fourth-order valence-corrected chi connectivity index (χ4v) is 5.03. The molecule has 0 atom stereocenters. The molecule has 8 heteroatoms. The van der Waals surface area contributed by atoms with E-state index >= 15 is 0 Å². The van der Waals surface area contributed by atoms with Gasteiger partial charge in [-0.05, 0) is 43.0 Å². The van der Waals surface area contributed by atoms with E-state index in [9.17, 15) is 4.79 Å². The number of benzene rings is 1. The molecule has 2 fully saturated rings. The molecule has 0 N–H and O–H groups in total. The summed E-state index contributed by atoms with van der Waals surface area (Å²) in [5.74, 6) is 1.55. The fraction of sp³-hybridized carbons (Fsp3) is 0.462. The molecule has 1 saturated carbocycles. The first-order valence-electron chi connectivity index (χ1n) is 12.1. The maximum atomic E-state index is 13.1. The van der Waals surface area contributed by atoms with Crippen LogP contribution in [0.3, 0.4) is 0 Å². The van der Waals surface area contributed by atoms with Crippen molar-refractivity contribution in [3.63, 3.8) is 0 Å². The number of imidazole rings is 1. The Labute approximate surface area is 199 Å². The molecule has 3 aliphatic rings. The van der Waals surface area contributed by atoms with Crippen LogP contribution in [0.1, 0.15) is 28.8 Å². The number of pyridine rings is 1. The van der Waals surface area contributed by atoms with Crippen molar-refractivity contribution in [2.24, 2.45) is 0 Å². The number of fused-ring (bicyclic) bond motifs is 2. The van der Waals surface area contributed by atoms with Crippen molar-refractivity contribution in [1.82, 2.24) is 19.2 Å². The van der Waals surface area contributed by atoms with E-state index in [1.165, 1.54) is 0 Å². The van der Waals surface area contributed by atoms with Crippen molar-refractivity contribution in [1.29, 1.82) is 0 Å². The average Bonchev–Trinajstić information content (AvgIpc) is 3.62. The highest BCUT2D eigenvalue weighted by molar-refractivity contribution is 6.00. The van der Waals surface area contributed by atoms with E-state index < -0.39 is 0 Å². The zero-order chi connectivity index (χ0) is 23.1. The van der Waals surface area contributed by atoms with E-state index in [4.69, 9.17) is 14.2 Å². The van der Waals surface area contributed by atoms with E-state index in [2.05, 4.69) is 20.4 Å². The molecule has 0 spiro atoms. The van der Waals surface area contributed by atoms with E-state index in [1.54, 1.807) is 7.11 Å². The molecule has 1 amide bonds. The van der Waals surface area contributed by atoms with Crippen LogP contribution >= 0.6 is 0 Å². The SMILES string of the molecule is COc1cc(-c2cnc3cc(OCCN4CCOCC4)ccn23)cc2c1C(=O)N(C1CC1)CC2. The first kappa shape index (κ1) is 21.4. The molecule has 178 valence electrons. The van der Waals surface area contributed by atoms with Gasteiger partial charge in [-0.3, -0.25) is 14.1 Å². The standard InChI is InChI=1S/C26H30N4O4/c1-32-23-15-19(14-18-4-6-29(20-2-3-20)26(31)25(18)23)22-17-27-24-16-21(5-7-30(22)24)34-13-10-28-8-11-33-12-9-28/h5,7,14-17,20H,2-4,6,8-13H2,1H3. The number of carbonyl (C=O) groups excluding carboxylic acids is 1. The van der Waals surface area contributed by atoms with Crippen LogP contribution in [-0.2, 0) is 11.2 Å². The first-order chi connectivity index (χ1) is 16.7. The molecule has 0 unspecified atom stereocenters. The van der Waals surface area contributed by atoms with Crippen molar-refractivity contribution in [2.45, 2.75) is 25.3 Å². The van der Waals surface area contributed by atoms with Crippen LogP contribution in [0.25, 0.3) is 16.9 Å². The van der Waals surface area contributed by atoms with Gasteiger partial charge in [0.2, 0.25) is 0 Å². The molecule has 3 aromatic rings. The summed E-state index contributed by atoms with van der Waals surface area (Å²) < 4.78 is 19.1. The molecule has 2 aromatic heterocycles. The van der Waals surface area contributed by atoms with E-state index in [0.717, 1.165) is 86.9 Å². The van der Waals surface area contributed by atoms with Gasteiger partial charge in [0, 0.05) is 50.0 Å². The third-order valence-corrected chi connectivity index (χ3v) is 7.05. The highest BCUT2D eigenvalue weighted by Crippen LogP contribution is 2.38. The summed E-state index contributed by atoms with van der Waals surface area (Å²) in [6.07, 6.45) is 6.94. The Morgan fingerprint density at radius 3 is 2.79 bits per heavy atom. The van der Waals surface area contributed by atoms with Crippen molar-refractivity contribution in [2.75, 3.05) is 53.1 Å². The molecular weight excluding hydrogens is 432 g/mol. The summed E-state index contributed by atoms with van der Waals surface area (Å²) in [5, 5.41) is 0. The molecule has 0 radical (unpaired) electrons. The largest absolute Gasteiger partial charge is 0.496 e. The lowest BCUT2D eigenvalue weighted by atomic mass is 9.94. The molecule has 34 heavy (non-hydrogen) atoms. The lowest BCUT2D eigenvalue weighted by molar-refractivity contribution is 0.0322. The summed E-state index contributed by atoms with van der Waals surface area (Å²) in [5.41, 5.74) is 4.56. The Kier molecular flexibility index (Phi) is 5.63. The smallest absolute Gasteiger partial charge is 0.258 e. The molecule has 1 aromatic carbocycles. The van der Waals surface area contributed by atoms with Gasteiger partial charge in [0.1, 0.15) is 23.8 Å². The Hall–Kier alpha value is -3.10. The van der Waals surface area contributed by atoms with Crippen LogP contribution < -0.4 is 9.47 Å². The van der Waals surface area contributed by atoms with Gasteiger partial charge in [0.05, 0.1) is 37.8 Å². The van der Waals surface area contributed by atoms with Gasteiger partial charge in [-0.1, -0.05) is 0 Å². The lowest BCUT2D eigenvalue weighted by Gasteiger charge is -2.30. The number of hydrogen-bond acceptors (Lipinski definition) is 6. The Balaban J connectivity index is 1.23. The topological polar surface area (TPSA) is 68.5 Å². The third kappa shape index (κ3) is 4.01. The van der Waals surface area contributed by atoms with Gasteiger partial charge < -0.3 is 19.1 Å². The van der Waals surface area contributed by atoms with Crippen LogP contribution in [0, 0.1) is 0 Å². The number of rotatable bonds is 7. The lowest BCUT2D eigenvalue weighted by Crippen LogP contribution is -2.39. The van der Waals surface area contributed by atoms with Crippen molar-refractivity contribution >= 4 is 11.6 Å². The minimum absolute atomic E-state index is 0.101. The second-order valence-electron chi connectivity index (χ2n) is 9.23. The molecule has 6 rings (SSSR count). The first-order valence-corrected chi connectivity index (χ1v) is 12.1. The summed E-state index contributed by atoms with van der Waals surface area (Å²) in [4.78, 5) is 22.1. The number of methoxy groups -OCH3 is 1. The van der Waals surface area contributed by atoms with Crippen LogP contribution in [0.5, 0.6) is 11.5 Å². The van der Waals surface area contributed by atoms with Gasteiger partial charge in [0.25, 0.3) is 5.91 Å². The molecule has 1 aliphatic carbocycles. The van der Waals surface area contributed by atoms with Crippen LogP contribution in [0.4, 0.5) is 0 Å². The minimum atomic E-state index is 0.101. The Morgan fingerprint density at radius 1 is 1.15 bits per heavy atom. The van der Waals surface area contributed by atoms with Crippen molar-refractivity contribution < 1.29 is 19.0 Å². The maximum Gasteiger partial charge on any atom is 0.258 e. The summed E-state index contributed by atoms with van der Waals surface area (Å²) in [6, 6.07) is 8.44. The number of morpholine rings is 1. The number of aromatic nitrogens is 2. The zero-order valence-corrected chi connectivity index (χ0v) is 19.5. The minimum Gasteiger partial charge on any atom is -0.496 e. The fourth-order valence-electron chi connectivity index (χ4n) is 5.03. The number of nitrogens with zero attached hydrogens (tertiary/aromatic N) is 4. The van der Waals surface area contributed by atoms with Crippen molar-refractivity contribution in [3.05, 3.63) is 47.8 Å². The average molecular weight is 463 g/mol. The number of hydrogen-bond donors (Lipinski definition) is 0. The molecule has 0 bridgehead atoms. The number of carbonyl (C=O) groups is 1. The maximum absolute atomic E-state index is 13.1. The molecule has 8 nitrogen and oxygen atoms in total. The Morgan fingerprint density at radius 2 is 2.00 bits per heavy atom. The second kappa shape index (κ2) is 8.92. The molecular formula is C26H30N4O4. The predicted octanol–water partition coefficient (Wildman–Crippen LogP) is 2.88. The molecule has 1 saturated heterocycles. The molecule has 2 aliphatic heterocycles. The van der Waals surface area contributed by atoms with Gasteiger partial charge in [-0.15, -0.1) is 0 Å². The number of amides is 1. The van der Waals surface area contributed by atoms with Gasteiger partial charge in [-0.25, -0.2) is 4.98 Å². The van der Waals surface area contributed by atoms with E-state index in [-0.39, 0.29) is 5.91 Å². The highest BCUT2D eigenvalue weighted by Gasteiger charge is 2.37. The monoisotopic (exact) mass is 462 g/mol. The van der Waals surface area contributed by atoms with Crippen molar-refractivity contribution in [3.8, 4) is 22.8 Å². The summed E-state index contributed by atoms with van der Waals surface area (Å²) >= 11 is 0. The second-order valence-corrected chi connectivity index (χ2v) is 9.23. The third-order valence-electron chi connectivity index (χ3n) is 7.05. The summed E-state index contributed by atoms with van der Waals surface area (Å²) in [6.45, 7) is 5.81. The Bertz CT molecular complexity index is 1200. The van der Waals surface area contributed by atoms with E-state index in [0.29, 0.717) is 24.0 Å².